The van der Waals surface area contributed by atoms with E-state index in [1.807, 2.05) is 13.8 Å². The van der Waals surface area contributed by atoms with Gasteiger partial charge in [-0.2, -0.15) is 0 Å². The fraction of sp³-hybridized carbons (Fsp3) is 0.833. The minimum atomic E-state index is -1.12. The van der Waals surface area contributed by atoms with Gasteiger partial charge in [0.25, 0.3) is 0 Å². The molecule has 0 aromatic heterocycles. The van der Waals surface area contributed by atoms with Crippen LogP contribution in [-0.2, 0) is 9.59 Å². The van der Waals surface area contributed by atoms with Crippen molar-refractivity contribution in [3.05, 3.63) is 0 Å². The van der Waals surface area contributed by atoms with Gasteiger partial charge in [0.1, 0.15) is 6.04 Å². The van der Waals surface area contributed by atoms with Crippen LogP contribution in [-0.4, -0.2) is 47.3 Å². The average Bonchev–Trinajstić information content (AvgIpc) is 2.27. The Morgan fingerprint density at radius 1 is 1.50 bits per heavy atom. The molecular weight excluding hydrogens is 236 g/mol. The molecule has 1 aliphatic rings. The first-order valence-corrected chi connectivity index (χ1v) is 6.26. The summed E-state index contributed by atoms with van der Waals surface area (Å²) in [5, 5.41) is 23.3. The number of amides is 1. The summed E-state index contributed by atoms with van der Waals surface area (Å²) in [5.41, 5.74) is -0.190. The van der Waals surface area contributed by atoms with Gasteiger partial charge in [0.05, 0.1) is 6.04 Å². The first-order chi connectivity index (χ1) is 8.38. The summed E-state index contributed by atoms with van der Waals surface area (Å²) in [5.74, 6) is -1.42. The van der Waals surface area contributed by atoms with Crippen LogP contribution in [0.2, 0.25) is 0 Å². The van der Waals surface area contributed by atoms with Crippen molar-refractivity contribution >= 4 is 11.9 Å². The van der Waals surface area contributed by atoms with Crippen LogP contribution in [0.4, 0.5) is 0 Å². The van der Waals surface area contributed by atoms with Gasteiger partial charge in [0.2, 0.25) is 5.91 Å². The van der Waals surface area contributed by atoms with Crippen LogP contribution in [0.3, 0.4) is 0 Å². The summed E-state index contributed by atoms with van der Waals surface area (Å²) in [6.45, 7) is 4.48. The molecule has 1 unspecified atom stereocenters. The maximum Gasteiger partial charge on any atom is 0.326 e. The van der Waals surface area contributed by atoms with Gasteiger partial charge in [-0.25, -0.2) is 4.79 Å². The molecule has 2 atom stereocenters. The Hall–Kier alpha value is -1.14. The number of hydrogen-bond acceptors (Lipinski definition) is 4. The zero-order valence-corrected chi connectivity index (χ0v) is 10.9. The summed E-state index contributed by atoms with van der Waals surface area (Å²) in [7, 11) is 0. The van der Waals surface area contributed by atoms with E-state index in [2.05, 4.69) is 10.6 Å². The molecule has 104 valence electrons. The number of carboxylic acids is 1. The quantitative estimate of drug-likeness (QED) is 0.543. The van der Waals surface area contributed by atoms with Crippen molar-refractivity contribution in [1.82, 2.24) is 10.6 Å². The summed E-state index contributed by atoms with van der Waals surface area (Å²) in [6, 6.07) is -1.41. The normalized spacial score (nSPS) is 24.3. The van der Waals surface area contributed by atoms with Gasteiger partial charge in [-0.3, -0.25) is 4.79 Å². The number of aliphatic carboxylic acids is 1. The third kappa shape index (κ3) is 3.68. The van der Waals surface area contributed by atoms with E-state index in [9.17, 15) is 9.59 Å². The minimum Gasteiger partial charge on any atom is -0.480 e. The summed E-state index contributed by atoms with van der Waals surface area (Å²) in [6.07, 6.45) is 1.96. The van der Waals surface area contributed by atoms with E-state index >= 15 is 0 Å². The molecule has 1 fully saturated rings. The Kier molecular flexibility index (Phi) is 5.10. The number of aliphatic hydroxyl groups excluding tert-OH is 1. The highest BCUT2D eigenvalue weighted by atomic mass is 16.4. The first-order valence-electron chi connectivity index (χ1n) is 6.26. The standard InChI is InChI=1S/C12H22N2O4/c1-12(2)5-3-6-13-9(12)10(16)14-8(4-7-15)11(17)18/h8-9,13,15H,3-7H2,1-2H3,(H,14,16)(H,17,18)/t8-,9?/m0/s1. The number of carbonyl (C=O) groups is 2. The minimum absolute atomic E-state index is 0.0220. The molecule has 0 bridgehead atoms. The fourth-order valence-corrected chi connectivity index (χ4v) is 2.30. The number of piperidine rings is 1. The highest BCUT2D eigenvalue weighted by molar-refractivity contribution is 5.87. The van der Waals surface area contributed by atoms with Crippen LogP contribution in [0, 0.1) is 5.41 Å². The van der Waals surface area contributed by atoms with E-state index in [-0.39, 0.29) is 30.4 Å². The van der Waals surface area contributed by atoms with Crippen molar-refractivity contribution in [2.45, 2.75) is 45.2 Å². The lowest BCUT2D eigenvalue weighted by molar-refractivity contribution is -0.143. The molecule has 6 nitrogen and oxygen atoms in total. The maximum atomic E-state index is 12.1. The third-order valence-corrected chi connectivity index (χ3v) is 3.42. The van der Waals surface area contributed by atoms with E-state index in [1.54, 1.807) is 0 Å². The molecular formula is C12H22N2O4. The van der Waals surface area contributed by atoms with Crippen LogP contribution < -0.4 is 10.6 Å². The smallest absolute Gasteiger partial charge is 0.326 e. The van der Waals surface area contributed by atoms with Crippen LogP contribution in [0.25, 0.3) is 0 Å². The first kappa shape index (κ1) is 14.9. The molecule has 1 heterocycles. The van der Waals surface area contributed by atoms with E-state index in [4.69, 9.17) is 10.2 Å². The number of carbonyl (C=O) groups excluding carboxylic acids is 1. The summed E-state index contributed by atoms with van der Waals surface area (Å²) >= 11 is 0. The van der Waals surface area contributed by atoms with Crippen molar-refractivity contribution in [2.75, 3.05) is 13.2 Å². The average molecular weight is 258 g/mol. The van der Waals surface area contributed by atoms with Gasteiger partial charge in [-0.1, -0.05) is 13.8 Å². The van der Waals surface area contributed by atoms with Crippen LogP contribution in [0.15, 0.2) is 0 Å². The van der Waals surface area contributed by atoms with E-state index in [0.717, 1.165) is 19.4 Å². The third-order valence-electron chi connectivity index (χ3n) is 3.42. The lowest BCUT2D eigenvalue weighted by Crippen LogP contribution is -2.58. The van der Waals surface area contributed by atoms with Crippen LogP contribution in [0.1, 0.15) is 33.1 Å². The molecule has 0 aromatic carbocycles. The van der Waals surface area contributed by atoms with Crippen molar-refractivity contribution in [2.24, 2.45) is 5.41 Å². The van der Waals surface area contributed by atoms with Gasteiger partial charge in [-0.15, -0.1) is 0 Å². The summed E-state index contributed by atoms with van der Waals surface area (Å²) < 4.78 is 0. The van der Waals surface area contributed by atoms with Gasteiger partial charge in [-0.05, 0) is 24.8 Å². The lowest BCUT2D eigenvalue weighted by Gasteiger charge is -2.38. The largest absolute Gasteiger partial charge is 0.480 e. The van der Waals surface area contributed by atoms with E-state index < -0.39 is 12.0 Å². The zero-order valence-electron chi connectivity index (χ0n) is 10.9. The Bertz CT molecular complexity index is 317. The second-order valence-corrected chi connectivity index (χ2v) is 5.39. The summed E-state index contributed by atoms with van der Waals surface area (Å²) in [4.78, 5) is 23.0. The Labute approximate surface area is 107 Å². The monoisotopic (exact) mass is 258 g/mol. The van der Waals surface area contributed by atoms with Gasteiger partial charge in [0.15, 0.2) is 0 Å². The molecule has 6 heteroatoms. The maximum absolute atomic E-state index is 12.1. The topological polar surface area (TPSA) is 98.7 Å². The number of hydrogen-bond donors (Lipinski definition) is 4. The molecule has 0 aromatic rings. The van der Waals surface area contributed by atoms with Gasteiger partial charge < -0.3 is 20.8 Å². The predicted molar refractivity (Wildman–Crippen MR) is 66.1 cm³/mol. The van der Waals surface area contributed by atoms with E-state index in [1.165, 1.54) is 0 Å². The van der Waals surface area contributed by atoms with Crippen LogP contribution >= 0.6 is 0 Å². The highest BCUT2D eigenvalue weighted by Gasteiger charge is 2.38. The Morgan fingerprint density at radius 2 is 2.17 bits per heavy atom. The molecule has 18 heavy (non-hydrogen) atoms. The number of carboxylic acid groups (broad SMARTS) is 1. The Balaban J connectivity index is 2.65. The lowest BCUT2D eigenvalue weighted by atomic mass is 9.77. The molecule has 4 N–H and O–H groups in total. The molecule has 1 saturated heterocycles. The molecule has 0 aliphatic carbocycles. The number of rotatable bonds is 5. The van der Waals surface area contributed by atoms with Crippen molar-refractivity contribution in [3.8, 4) is 0 Å². The number of nitrogens with one attached hydrogen (secondary N) is 2. The molecule has 1 aliphatic heterocycles. The molecule has 1 amide bonds. The zero-order chi connectivity index (χ0) is 13.8. The van der Waals surface area contributed by atoms with Crippen molar-refractivity contribution in [1.29, 1.82) is 0 Å². The second kappa shape index (κ2) is 6.15. The van der Waals surface area contributed by atoms with Gasteiger partial charge >= 0.3 is 5.97 Å². The second-order valence-electron chi connectivity index (χ2n) is 5.39. The predicted octanol–water partition coefficient (Wildman–Crippen LogP) is -0.284. The molecule has 0 saturated carbocycles. The van der Waals surface area contributed by atoms with Crippen molar-refractivity contribution < 1.29 is 19.8 Å². The number of aliphatic hydroxyl groups is 1. The van der Waals surface area contributed by atoms with Crippen molar-refractivity contribution in [3.63, 3.8) is 0 Å². The fourth-order valence-electron chi connectivity index (χ4n) is 2.30. The SMILES string of the molecule is CC1(C)CCCNC1C(=O)N[C@@H](CCO)C(=O)O. The highest BCUT2D eigenvalue weighted by Crippen LogP contribution is 2.30. The van der Waals surface area contributed by atoms with E-state index in [0.29, 0.717) is 0 Å². The molecule has 0 radical (unpaired) electrons. The Morgan fingerprint density at radius 3 is 2.67 bits per heavy atom. The molecule has 1 rings (SSSR count). The molecule has 0 spiro atoms. The van der Waals surface area contributed by atoms with Gasteiger partial charge in [0, 0.05) is 13.0 Å². The van der Waals surface area contributed by atoms with Crippen LogP contribution in [0.5, 0.6) is 0 Å².